The zero-order valence-corrected chi connectivity index (χ0v) is 26.3. The summed E-state index contributed by atoms with van der Waals surface area (Å²) in [6.45, 7) is 10.8. The number of sulfonamides is 1. The molecule has 1 aromatic heterocycles. The van der Waals surface area contributed by atoms with Gasteiger partial charge in [-0.1, -0.05) is 69.3 Å². The van der Waals surface area contributed by atoms with Gasteiger partial charge in [0.25, 0.3) is 0 Å². The minimum atomic E-state index is -3.50. The van der Waals surface area contributed by atoms with E-state index in [2.05, 4.69) is 47.9 Å². The standard InChI is InChI=1S/C32H43N5O4S/c1-7-37(31(38)34-22-24-14-18-26(19-15-24)32(3,4)5)29(33)11-9-10-23-12-16-25(17-13-23)27-20-21-28(41-6)30(35-27)36-42(39,40)8-2/h12-21,33H,7-11,22H2,1-6H3,(H,34,38)(H,35,36). The van der Waals surface area contributed by atoms with Gasteiger partial charge in [-0.2, -0.15) is 0 Å². The van der Waals surface area contributed by atoms with Crippen molar-refractivity contribution in [2.75, 3.05) is 24.1 Å². The van der Waals surface area contributed by atoms with Crippen molar-refractivity contribution >= 4 is 27.7 Å². The highest BCUT2D eigenvalue weighted by atomic mass is 32.2. The van der Waals surface area contributed by atoms with Gasteiger partial charge in [0, 0.05) is 25.1 Å². The highest BCUT2D eigenvalue weighted by molar-refractivity contribution is 7.92. The molecule has 42 heavy (non-hydrogen) atoms. The molecule has 0 atom stereocenters. The topological polar surface area (TPSA) is 124 Å². The van der Waals surface area contributed by atoms with Crippen molar-refractivity contribution in [3.8, 4) is 17.0 Å². The Morgan fingerprint density at radius 2 is 1.62 bits per heavy atom. The smallest absolute Gasteiger partial charge is 0.323 e. The fourth-order valence-corrected chi connectivity index (χ4v) is 4.94. The van der Waals surface area contributed by atoms with Gasteiger partial charge in [0.1, 0.15) is 5.84 Å². The molecule has 0 unspecified atom stereocenters. The molecule has 0 aliphatic rings. The third-order valence-electron chi connectivity index (χ3n) is 6.99. The highest BCUT2D eigenvalue weighted by Crippen LogP contribution is 2.28. The Labute approximate surface area is 250 Å². The predicted octanol–water partition coefficient (Wildman–Crippen LogP) is 6.35. The lowest BCUT2D eigenvalue weighted by Gasteiger charge is -2.22. The van der Waals surface area contributed by atoms with Gasteiger partial charge in [-0.05, 0) is 60.9 Å². The second-order valence-corrected chi connectivity index (χ2v) is 13.1. The number of hydrogen-bond acceptors (Lipinski definition) is 6. The Morgan fingerprint density at radius 1 is 0.976 bits per heavy atom. The summed E-state index contributed by atoms with van der Waals surface area (Å²) < 4.78 is 31.9. The average molecular weight is 594 g/mol. The predicted molar refractivity (Wildman–Crippen MR) is 170 cm³/mol. The van der Waals surface area contributed by atoms with E-state index in [1.54, 1.807) is 19.1 Å². The van der Waals surface area contributed by atoms with E-state index in [1.807, 2.05) is 43.3 Å². The second-order valence-electron chi connectivity index (χ2n) is 11.1. The zero-order valence-electron chi connectivity index (χ0n) is 25.5. The van der Waals surface area contributed by atoms with Gasteiger partial charge in [-0.15, -0.1) is 0 Å². The third kappa shape index (κ3) is 9.04. The number of pyridine rings is 1. The van der Waals surface area contributed by atoms with Crippen molar-refractivity contribution in [2.24, 2.45) is 0 Å². The number of benzene rings is 2. The van der Waals surface area contributed by atoms with Gasteiger partial charge >= 0.3 is 6.03 Å². The van der Waals surface area contributed by atoms with Crippen LogP contribution in [0.5, 0.6) is 5.75 Å². The molecule has 3 N–H and O–H groups in total. The van der Waals surface area contributed by atoms with Crippen molar-refractivity contribution in [3.05, 3.63) is 77.4 Å². The molecule has 9 nitrogen and oxygen atoms in total. The van der Waals surface area contributed by atoms with Crippen molar-refractivity contribution in [3.63, 3.8) is 0 Å². The number of urea groups is 1. The molecule has 0 saturated heterocycles. The molecule has 0 bridgehead atoms. The van der Waals surface area contributed by atoms with E-state index in [9.17, 15) is 13.2 Å². The van der Waals surface area contributed by atoms with Gasteiger partial charge in [0.15, 0.2) is 11.6 Å². The molecular formula is C32H43N5O4S. The first kappa shape index (κ1) is 32.6. The second kappa shape index (κ2) is 14.3. The van der Waals surface area contributed by atoms with Crippen LogP contribution in [0, 0.1) is 5.41 Å². The molecule has 3 aromatic rings. The van der Waals surface area contributed by atoms with E-state index in [4.69, 9.17) is 10.1 Å². The Morgan fingerprint density at radius 3 is 2.19 bits per heavy atom. The van der Waals surface area contributed by atoms with Crippen LogP contribution in [0.25, 0.3) is 11.3 Å². The number of amides is 2. The lowest BCUT2D eigenvalue weighted by molar-refractivity contribution is 0.221. The monoisotopic (exact) mass is 593 g/mol. The summed E-state index contributed by atoms with van der Waals surface area (Å²) in [4.78, 5) is 18.7. The Kier molecular flexibility index (Phi) is 11.1. The van der Waals surface area contributed by atoms with Crippen LogP contribution >= 0.6 is 0 Å². The lowest BCUT2D eigenvalue weighted by atomic mass is 9.87. The maximum absolute atomic E-state index is 12.8. The SMILES string of the molecule is CCN(C(=N)CCCc1ccc(-c2ccc(OC)c(NS(=O)(=O)CC)n2)cc1)C(=O)NCc1ccc(C(C)(C)C)cc1. The van der Waals surface area contributed by atoms with Crippen molar-refractivity contribution < 1.29 is 17.9 Å². The summed E-state index contributed by atoms with van der Waals surface area (Å²) in [5, 5.41) is 11.4. The summed E-state index contributed by atoms with van der Waals surface area (Å²) in [7, 11) is -2.04. The minimum absolute atomic E-state index is 0.0683. The Hall–Kier alpha value is -3.92. The van der Waals surface area contributed by atoms with Crippen LogP contribution in [-0.4, -0.2) is 49.6 Å². The van der Waals surface area contributed by atoms with E-state index in [0.29, 0.717) is 36.8 Å². The third-order valence-corrected chi connectivity index (χ3v) is 8.25. The van der Waals surface area contributed by atoms with Crippen LogP contribution in [0.1, 0.15) is 64.2 Å². The summed E-state index contributed by atoms with van der Waals surface area (Å²) in [5.74, 6) is 0.724. The average Bonchev–Trinajstić information content (AvgIpc) is 2.96. The number of aromatic nitrogens is 1. The number of aryl methyl sites for hydroxylation is 1. The van der Waals surface area contributed by atoms with Crippen LogP contribution in [0.4, 0.5) is 10.6 Å². The number of rotatable bonds is 12. The number of carbonyl (C=O) groups is 1. The van der Waals surface area contributed by atoms with Crippen molar-refractivity contribution in [2.45, 2.75) is 65.8 Å². The van der Waals surface area contributed by atoms with Crippen LogP contribution in [0.3, 0.4) is 0 Å². The number of hydrogen-bond donors (Lipinski definition) is 3. The fraction of sp³-hybridized carbons (Fsp3) is 0.406. The first-order chi connectivity index (χ1) is 19.9. The summed E-state index contributed by atoms with van der Waals surface area (Å²) in [5.41, 5.74) is 4.90. The summed E-state index contributed by atoms with van der Waals surface area (Å²) in [6.07, 6.45) is 1.95. The van der Waals surface area contributed by atoms with Crippen LogP contribution in [-0.2, 0) is 28.4 Å². The van der Waals surface area contributed by atoms with E-state index in [1.165, 1.54) is 17.6 Å². The van der Waals surface area contributed by atoms with E-state index in [0.717, 1.165) is 29.5 Å². The van der Waals surface area contributed by atoms with Gasteiger partial charge in [-0.25, -0.2) is 18.2 Å². The van der Waals surface area contributed by atoms with Gasteiger partial charge in [-0.3, -0.25) is 15.0 Å². The number of carbonyl (C=O) groups excluding carboxylic acids is 1. The molecular weight excluding hydrogens is 550 g/mol. The first-order valence-corrected chi connectivity index (χ1v) is 15.9. The van der Waals surface area contributed by atoms with E-state index in [-0.39, 0.29) is 23.0 Å². The van der Waals surface area contributed by atoms with Crippen molar-refractivity contribution in [1.29, 1.82) is 5.41 Å². The van der Waals surface area contributed by atoms with E-state index < -0.39 is 10.0 Å². The molecule has 1 heterocycles. The molecule has 0 saturated carbocycles. The number of anilines is 1. The Balaban J connectivity index is 1.53. The van der Waals surface area contributed by atoms with E-state index >= 15 is 0 Å². The minimum Gasteiger partial charge on any atom is -0.493 e. The fourth-order valence-electron chi connectivity index (χ4n) is 4.35. The number of nitrogens with zero attached hydrogens (tertiary/aromatic N) is 2. The maximum atomic E-state index is 12.8. The lowest BCUT2D eigenvalue weighted by Crippen LogP contribution is -2.43. The molecule has 10 heteroatoms. The molecule has 2 aromatic carbocycles. The van der Waals surface area contributed by atoms with Gasteiger partial charge < -0.3 is 10.1 Å². The normalized spacial score (nSPS) is 11.6. The Bertz CT molecular complexity index is 1460. The molecule has 3 rings (SSSR count). The maximum Gasteiger partial charge on any atom is 0.323 e. The summed E-state index contributed by atoms with van der Waals surface area (Å²) >= 11 is 0. The molecule has 0 aliphatic carbocycles. The van der Waals surface area contributed by atoms with Crippen LogP contribution < -0.4 is 14.8 Å². The quantitative estimate of drug-likeness (QED) is 0.167. The molecule has 0 spiro atoms. The molecule has 226 valence electrons. The molecule has 0 fully saturated rings. The number of ether oxygens (including phenoxy) is 1. The highest BCUT2D eigenvalue weighted by Gasteiger charge is 2.17. The first-order valence-electron chi connectivity index (χ1n) is 14.2. The number of amidine groups is 1. The molecule has 0 radical (unpaired) electrons. The molecule has 2 amide bonds. The molecule has 0 aliphatic heterocycles. The van der Waals surface area contributed by atoms with Gasteiger partial charge in [0.05, 0.1) is 18.6 Å². The van der Waals surface area contributed by atoms with Gasteiger partial charge in [0.2, 0.25) is 10.0 Å². The largest absolute Gasteiger partial charge is 0.493 e. The van der Waals surface area contributed by atoms with Crippen LogP contribution in [0.15, 0.2) is 60.7 Å². The number of methoxy groups -OCH3 is 1. The van der Waals surface area contributed by atoms with Crippen LogP contribution in [0.2, 0.25) is 0 Å². The number of nitrogens with one attached hydrogen (secondary N) is 3. The zero-order chi connectivity index (χ0) is 30.9. The summed E-state index contributed by atoms with van der Waals surface area (Å²) in [6, 6.07) is 19.3. The van der Waals surface area contributed by atoms with Crippen molar-refractivity contribution in [1.82, 2.24) is 15.2 Å².